The second-order valence-electron chi connectivity index (χ2n) is 7.70. The average Bonchev–Trinajstić information content (AvgIpc) is 3.05. The summed E-state index contributed by atoms with van der Waals surface area (Å²) in [4.78, 5) is 2.63. The van der Waals surface area contributed by atoms with Gasteiger partial charge in [-0.2, -0.15) is 0 Å². The highest BCUT2D eigenvalue weighted by molar-refractivity contribution is 5.11. The van der Waals surface area contributed by atoms with Gasteiger partial charge >= 0.3 is 0 Å². The Kier molecular flexibility index (Phi) is 3.33. The van der Waals surface area contributed by atoms with Crippen LogP contribution in [0.5, 0.6) is 0 Å². The molecule has 4 nitrogen and oxygen atoms in total. The fraction of sp³-hybridized carbons (Fsp3) is 1.00. The molecular weight excluding hydrogens is 252 g/mol. The molecular formula is C16H28N2O2. The first kappa shape index (κ1) is 13.5. The van der Waals surface area contributed by atoms with Gasteiger partial charge in [-0.25, -0.2) is 0 Å². The normalized spacial score (nSPS) is 46.8. The third-order valence-corrected chi connectivity index (χ3v) is 6.13. The van der Waals surface area contributed by atoms with Crippen LogP contribution in [0.2, 0.25) is 0 Å². The summed E-state index contributed by atoms with van der Waals surface area (Å²) >= 11 is 0. The summed E-state index contributed by atoms with van der Waals surface area (Å²) in [5.41, 5.74) is 0.284. The summed E-state index contributed by atoms with van der Waals surface area (Å²) in [5, 5.41) is 3.80. The van der Waals surface area contributed by atoms with Gasteiger partial charge in [0.25, 0.3) is 0 Å². The fourth-order valence-corrected chi connectivity index (χ4v) is 5.01. The van der Waals surface area contributed by atoms with Crippen molar-refractivity contribution in [2.24, 2.45) is 11.3 Å². The van der Waals surface area contributed by atoms with Gasteiger partial charge in [-0.15, -0.1) is 0 Å². The molecule has 3 aliphatic heterocycles. The Morgan fingerprint density at radius 2 is 2.15 bits per heavy atom. The number of fused-ring (bicyclic) bond motifs is 2. The smallest absolute Gasteiger partial charge is 0.0827 e. The quantitative estimate of drug-likeness (QED) is 0.844. The van der Waals surface area contributed by atoms with Gasteiger partial charge in [0, 0.05) is 43.1 Å². The minimum Gasteiger partial charge on any atom is -0.377 e. The van der Waals surface area contributed by atoms with E-state index in [2.05, 4.69) is 24.1 Å². The summed E-state index contributed by atoms with van der Waals surface area (Å²) in [5.74, 6) is 0.730. The van der Waals surface area contributed by atoms with E-state index in [1.54, 1.807) is 0 Å². The maximum absolute atomic E-state index is 6.05. The lowest BCUT2D eigenvalue weighted by molar-refractivity contribution is -0.118. The van der Waals surface area contributed by atoms with Crippen molar-refractivity contribution in [3.8, 4) is 0 Å². The Morgan fingerprint density at radius 3 is 3.05 bits per heavy atom. The molecule has 4 heteroatoms. The summed E-state index contributed by atoms with van der Waals surface area (Å²) in [6.45, 7) is 9.97. The second kappa shape index (κ2) is 4.94. The van der Waals surface area contributed by atoms with Crippen LogP contribution in [0.25, 0.3) is 0 Å². The highest BCUT2D eigenvalue weighted by Crippen LogP contribution is 2.52. The van der Waals surface area contributed by atoms with Crippen LogP contribution in [0.15, 0.2) is 0 Å². The summed E-state index contributed by atoms with van der Waals surface area (Å²) in [6.07, 6.45) is 4.77. The maximum Gasteiger partial charge on any atom is 0.0827 e. The lowest BCUT2D eigenvalue weighted by atomic mass is 9.57. The molecule has 0 aromatic heterocycles. The minimum absolute atomic E-state index is 0.284. The third-order valence-electron chi connectivity index (χ3n) is 6.13. The molecule has 0 aromatic rings. The number of ether oxygens (including phenoxy) is 2. The highest BCUT2D eigenvalue weighted by Gasteiger charge is 2.59. The Hall–Kier alpha value is -0.160. The van der Waals surface area contributed by atoms with Gasteiger partial charge < -0.3 is 14.8 Å². The predicted molar refractivity (Wildman–Crippen MR) is 77.8 cm³/mol. The highest BCUT2D eigenvalue weighted by atomic mass is 16.5. The van der Waals surface area contributed by atoms with E-state index in [1.165, 1.54) is 25.8 Å². The topological polar surface area (TPSA) is 33.7 Å². The lowest BCUT2D eigenvalue weighted by Crippen LogP contribution is -2.67. The molecule has 1 saturated carbocycles. The van der Waals surface area contributed by atoms with E-state index in [9.17, 15) is 0 Å². The third kappa shape index (κ3) is 2.04. The van der Waals surface area contributed by atoms with Crippen molar-refractivity contribution in [1.82, 2.24) is 10.2 Å². The van der Waals surface area contributed by atoms with Crippen LogP contribution in [0.3, 0.4) is 0 Å². The second-order valence-corrected chi connectivity index (χ2v) is 7.70. The summed E-state index contributed by atoms with van der Waals surface area (Å²) in [6, 6.07) is 1.31. The molecule has 1 N–H and O–H groups in total. The molecule has 5 unspecified atom stereocenters. The van der Waals surface area contributed by atoms with Crippen molar-refractivity contribution in [2.45, 2.75) is 57.4 Å². The number of rotatable bonds is 3. The molecule has 3 heterocycles. The van der Waals surface area contributed by atoms with Crippen LogP contribution in [0, 0.1) is 11.3 Å². The molecule has 1 aliphatic carbocycles. The predicted octanol–water partition coefficient (Wildman–Crippen LogP) is 1.25. The van der Waals surface area contributed by atoms with Gasteiger partial charge in [-0.1, -0.05) is 13.8 Å². The SMILES string of the molecule is CC1(C)C(NCC2CN3CCCC3CO2)C2CCOC21. The van der Waals surface area contributed by atoms with Crippen molar-refractivity contribution in [3.05, 3.63) is 0 Å². The van der Waals surface area contributed by atoms with E-state index in [0.717, 1.165) is 32.2 Å². The van der Waals surface area contributed by atoms with Crippen LogP contribution in [-0.4, -0.2) is 62.0 Å². The fourth-order valence-electron chi connectivity index (χ4n) is 5.01. The van der Waals surface area contributed by atoms with Crippen LogP contribution < -0.4 is 5.32 Å². The minimum atomic E-state index is 0.284. The molecule has 5 atom stereocenters. The first-order valence-electron chi connectivity index (χ1n) is 8.37. The van der Waals surface area contributed by atoms with Crippen LogP contribution in [0.4, 0.5) is 0 Å². The van der Waals surface area contributed by atoms with Crippen LogP contribution in [-0.2, 0) is 9.47 Å². The van der Waals surface area contributed by atoms with E-state index in [1.807, 2.05) is 0 Å². The van der Waals surface area contributed by atoms with E-state index in [0.29, 0.717) is 24.3 Å². The zero-order chi connectivity index (χ0) is 13.7. The van der Waals surface area contributed by atoms with Gasteiger partial charge in [0.1, 0.15) is 0 Å². The van der Waals surface area contributed by atoms with Crippen molar-refractivity contribution < 1.29 is 9.47 Å². The van der Waals surface area contributed by atoms with Gasteiger partial charge in [0.05, 0.1) is 18.8 Å². The van der Waals surface area contributed by atoms with Crippen LogP contribution in [0.1, 0.15) is 33.1 Å². The Labute approximate surface area is 122 Å². The van der Waals surface area contributed by atoms with E-state index >= 15 is 0 Å². The molecule has 20 heavy (non-hydrogen) atoms. The molecule has 0 bridgehead atoms. The first-order chi connectivity index (χ1) is 9.66. The molecule has 0 amide bonds. The van der Waals surface area contributed by atoms with Crippen molar-refractivity contribution in [2.75, 3.05) is 32.8 Å². The Morgan fingerprint density at radius 1 is 1.25 bits per heavy atom. The number of nitrogens with zero attached hydrogens (tertiary/aromatic N) is 1. The van der Waals surface area contributed by atoms with Crippen LogP contribution >= 0.6 is 0 Å². The van der Waals surface area contributed by atoms with Gasteiger partial charge in [0.2, 0.25) is 0 Å². The molecule has 4 aliphatic rings. The molecule has 114 valence electrons. The molecule has 0 aromatic carbocycles. The molecule has 4 rings (SSSR count). The molecule has 3 saturated heterocycles. The largest absolute Gasteiger partial charge is 0.377 e. The van der Waals surface area contributed by atoms with Crippen molar-refractivity contribution in [3.63, 3.8) is 0 Å². The monoisotopic (exact) mass is 280 g/mol. The number of nitrogens with one attached hydrogen (secondary N) is 1. The van der Waals surface area contributed by atoms with Crippen molar-refractivity contribution >= 4 is 0 Å². The maximum atomic E-state index is 6.05. The van der Waals surface area contributed by atoms with Gasteiger partial charge in [-0.05, 0) is 25.8 Å². The molecule has 0 spiro atoms. The van der Waals surface area contributed by atoms with E-state index in [4.69, 9.17) is 9.47 Å². The van der Waals surface area contributed by atoms with Gasteiger partial charge in [0.15, 0.2) is 0 Å². The van der Waals surface area contributed by atoms with Gasteiger partial charge in [-0.3, -0.25) is 4.90 Å². The number of hydrogen-bond acceptors (Lipinski definition) is 4. The zero-order valence-electron chi connectivity index (χ0n) is 12.8. The Bertz CT molecular complexity index is 373. The molecule has 0 radical (unpaired) electrons. The van der Waals surface area contributed by atoms with E-state index in [-0.39, 0.29) is 5.41 Å². The average molecular weight is 280 g/mol. The summed E-state index contributed by atoms with van der Waals surface area (Å²) < 4.78 is 11.9. The number of morpholine rings is 1. The Balaban J connectivity index is 1.30. The number of hydrogen-bond donors (Lipinski definition) is 1. The first-order valence-corrected chi connectivity index (χ1v) is 8.37. The van der Waals surface area contributed by atoms with Crippen molar-refractivity contribution in [1.29, 1.82) is 0 Å². The van der Waals surface area contributed by atoms with E-state index < -0.39 is 0 Å². The lowest BCUT2D eigenvalue weighted by Gasteiger charge is -2.55. The molecule has 4 fully saturated rings. The summed E-state index contributed by atoms with van der Waals surface area (Å²) in [7, 11) is 0. The zero-order valence-corrected chi connectivity index (χ0v) is 12.8. The standard InChI is InChI=1S/C16H28N2O2/c1-16(2)14(13-5-7-19-15(13)16)17-8-12-9-18-6-3-4-11(18)10-20-12/h11-15,17H,3-10H2,1-2H3.